The molecule has 1 amide bonds. The predicted molar refractivity (Wildman–Crippen MR) is 79.3 cm³/mol. The van der Waals surface area contributed by atoms with Gasteiger partial charge in [-0.15, -0.1) is 6.42 Å². The minimum Gasteiger partial charge on any atom is -0.267 e. The molecule has 0 N–H and O–H groups in total. The molecule has 2 rings (SSSR count). The lowest BCUT2D eigenvalue weighted by molar-refractivity contribution is 0.0997. The number of terminal acetylenes is 1. The molecule has 0 aliphatic carbocycles. The van der Waals surface area contributed by atoms with E-state index in [9.17, 15) is 4.79 Å². The van der Waals surface area contributed by atoms with E-state index in [2.05, 4.69) is 22.9 Å². The SMILES string of the molecule is C#CCn1nc(CCC)sc1=NC(=O)c1ccccc1. The first-order chi connectivity index (χ1) is 9.74. The van der Waals surface area contributed by atoms with Gasteiger partial charge < -0.3 is 0 Å². The Kier molecular flexibility index (Phi) is 4.85. The Morgan fingerprint density at radius 3 is 2.85 bits per heavy atom. The van der Waals surface area contributed by atoms with Gasteiger partial charge in [0.1, 0.15) is 11.6 Å². The Hall–Kier alpha value is -2.19. The summed E-state index contributed by atoms with van der Waals surface area (Å²) in [5.74, 6) is 2.25. The van der Waals surface area contributed by atoms with Crippen LogP contribution in [0.4, 0.5) is 0 Å². The van der Waals surface area contributed by atoms with Crippen LogP contribution in [0.5, 0.6) is 0 Å². The minimum atomic E-state index is -0.275. The predicted octanol–water partition coefficient (Wildman–Crippen LogP) is 2.27. The summed E-state index contributed by atoms with van der Waals surface area (Å²) < 4.78 is 1.61. The van der Waals surface area contributed by atoms with Crippen LogP contribution in [0, 0.1) is 12.3 Å². The maximum atomic E-state index is 12.1. The number of carbonyl (C=O) groups is 1. The van der Waals surface area contributed by atoms with Gasteiger partial charge in [-0.2, -0.15) is 10.1 Å². The van der Waals surface area contributed by atoms with E-state index in [1.54, 1.807) is 16.8 Å². The molecule has 0 aliphatic rings. The van der Waals surface area contributed by atoms with Crippen molar-refractivity contribution in [3.63, 3.8) is 0 Å². The van der Waals surface area contributed by atoms with Gasteiger partial charge >= 0.3 is 0 Å². The molecule has 0 aliphatic heterocycles. The van der Waals surface area contributed by atoms with Gasteiger partial charge in [-0.05, 0) is 18.6 Å². The van der Waals surface area contributed by atoms with Crippen LogP contribution in [-0.4, -0.2) is 15.7 Å². The van der Waals surface area contributed by atoms with Crippen LogP contribution >= 0.6 is 11.3 Å². The Balaban J connectivity index is 2.38. The second-order valence-electron chi connectivity index (χ2n) is 4.17. The van der Waals surface area contributed by atoms with Crippen molar-refractivity contribution >= 4 is 17.2 Å². The molecule has 102 valence electrons. The quantitative estimate of drug-likeness (QED) is 0.809. The van der Waals surface area contributed by atoms with Gasteiger partial charge in [0.2, 0.25) is 4.80 Å². The Labute approximate surface area is 121 Å². The van der Waals surface area contributed by atoms with E-state index in [1.807, 2.05) is 18.2 Å². The zero-order valence-electron chi connectivity index (χ0n) is 11.2. The molecule has 0 unspecified atom stereocenters. The third kappa shape index (κ3) is 3.43. The molecule has 2 aromatic rings. The smallest absolute Gasteiger partial charge is 0.267 e. The molecule has 1 heterocycles. The molecule has 0 radical (unpaired) electrons. The van der Waals surface area contributed by atoms with E-state index in [1.165, 1.54) is 11.3 Å². The maximum Gasteiger partial charge on any atom is 0.279 e. The highest BCUT2D eigenvalue weighted by Crippen LogP contribution is 2.04. The summed E-state index contributed by atoms with van der Waals surface area (Å²) in [4.78, 5) is 16.8. The summed E-state index contributed by atoms with van der Waals surface area (Å²) in [6, 6.07) is 8.97. The standard InChI is InChI=1S/C15H15N3OS/c1-3-8-13-17-18(11-4-2)15(20-13)16-14(19)12-9-6-5-7-10-12/h2,5-7,9-10H,3,8,11H2,1H3. The van der Waals surface area contributed by atoms with Crippen molar-refractivity contribution in [1.29, 1.82) is 0 Å². The van der Waals surface area contributed by atoms with E-state index < -0.39 is 0 Å². The Morgan fingerprint density at radius 2 is 2.20 bits per heavy atom. The Morgan fingerprint density at radius 1 is 1.45 bits per heavy atom. The van der Waals surface area contributed by atoms with Crippen molar-refractivity contribution in [3.05, 3.63) is 45.7 Å². The van der Waals surface area contributed by atoms with Crippen LogP contribution in [0.3, 0.4) is 0 Å². The highest BCUT2D eigenvalue weighted by atomic mass is 32.1. The van der Waals surface area contributed by atoms with E-state index in [4.69, 9.17) is 6.42 Å². The van der Waals surface area contributed by atoms with E-state index >= 15 is 0 Å². The van der Waals surface area contributed by atoms with Crippen molar-refractivity contribution in [3.8, 4) is 12.3 Å². The van der Waals surface area contributed by atoms with E-state index in [-0.39, 0.29) is 5.91 Å². The third-order valence-electron chi connectivity index (χ3n) is 2.59. The average molecular weight is 285 g/mol. The summed E-state index contributed by atoms with van der Waals surface area (Å²) in [7, 11) is 0. The number of aryl methyl sites for hydroxylation is 1. The van der Waals surface area contributed by atoms with Crippen molar-refractivity contribution in [2.24, 2.45) is 4.99 Å². The van der Waals surface area contributed by atoms with Gasteiger partial charge in [-0.1, -0.05) is 42.4 Å². The fraction of sp³-hybridized carbons (Fsp3) is 0.267. The average Bonchev–Trinajstić information content (AvgIpc) is 2.82. The van der Waals surface area contributed by atoms with Crippen LogP contribution in [-0.2, 0) is 13.0 Å². The molecule has 1 aromatic heterocycles. The Bertz CT molecular complexity index is 692. The summed E-state index contributed by atoms with van der Waals surface area (Å²) in [6.07, 6.45) is 7.18. The van der Waals surface area contributed by atoms with Gasteiger partial charge in [0.15, 0.2) is 0 Å². The van der Waals surface area contributed by atoms with Crippen molar-refractivity contribution < 1.29 is 4.79 Å². The molecule has 0 saturated heterocycles. The summed E-state index contributed by atoms with van der Waals surface area (Å²) in [5, 5.41) is 5.33. The topological polar surface area (TPSA) is 47.2 Å². The minimum absolute atomic E-state index is 0.275. The molecule has 20 heavy (non-hydrogen) atoms. The lowest BCUT2D eigenvalue weighted by Gasteiger charge is -1.94. The van der Waals surface area contributed by atoms with Crippen LogP contribution in [0.15, 0.2) is 35.3 Å². The van der Waals surface area contributed by atoms with Crippen molar-refractivity contribution in [1.82, 2.24) is 9.78 Å². The molecule has 0 fully saturated rings. The largest absolute Gasteiger partial charge is 0.279 e. The monoisotopic (exact) mass is 285 g/mol. The number of amides is 1. The first-order valence-corrected chi connectivity index (χ1v) is 7.20. The van der Waals surface area contributed by atoms with Crippen LogP contribution in [0.2, 0.25) is 0 Å². The molecule has 4 nitrogen and oxygen atoms in total. The number of hydrogen-bond acceptors (Lipinski definition) is 3. The zero-order chi connectivity index (χ0) is 14.4. The molecular formula is C15H15N3OS. The first-order valence-electron chi connectivity index (χ1n) is 6.39. The van der Waals surface area contributed by atoms with Gasteiger partial charge in [0, 0.05) is 12.0 Å². The second kappa shape index (κ2) is 6.83. The third-order valence-corrected chi connectivity index (χ3v) is 3.59. The summed E-state index contributed by atoms with van der Waals surface area (Å²) in [6.45, 7) is 2.40. The lowest BCUT2D eigenvalue weighted by Crippen LogP contribution is -2.18. The molecule has 0 saturated carbocycles. The second-order valence-corrected chi connectivity index (χ2v) is 5.21. The van der Waals surface area contributed by atoms with Gasteiger partial charge in [-0.25, -0.2) is 4.68 Å². The molecule has 5 heteroatoms. The summed E-state index contributed by atoms with van der Waals surface area (Å²) >= 11 is 1.42. The first kappa shape index (κ1) is 14.2. The highest BCUT2D eigenvalue weighted by molar-refractivity contribution is 7.08. The van der Waals surface area contributed by atoms with Crippen LogP contribution < -0.4 is 4.80 Å². The van der Waals surface area contributed by atoms with E-state index in [0.29, 0.717) is 16.9 Å². The number of carbonyl (C=O) groups excluding carboxylic acids is 1. The number of aromatic nitrogens is 2. The normalized spacial score (nSPS) is 11.3. The number of benzene rings is 1. The highest BCUT2D eigenvalue weighted by Gasteiger charge is 2.07. The fourth-order valence-electron chi connectivity index (χ4n) is 1.67. The number of rotatable bonds is 4. The molecule has 1 aromatic carbocycles. The molecular weight excluding hydrogens is 270 g/mol. The van der Waals surface area contributed by atoms with Crippen LogP contribution in [0.1, 0.15) is 28.7 Å². The van der Waals surface area contributed by atoms with Gasteiger partial charge in [0.25, 0.3) is 5.91 Å². The van der Waals surface area contributed by atoms with E-state index in [0.717, 1.165) is 17.8 Å². The lowest BCUT2D eigenvalue weighted by atomic mass is 10.2. The van der Waals surface area contributed by atoms with Crippen LogP contribution in [0.25, 0.3) is 0 Å². The van der Waals surface area contributed by atoms with Crippen molar-refractivity contribution in [2.45, 2.75) is 26.3 Å². The molecule has 0 atom stereocenters. The van der Waals surface area contributed by atoms with Gasteiger partial charge in [-0.3, -0.25) is 4.79 Å². The van der Waals surface area contributed by atoms with Crippen molar-refractivity contribution in [2.75, 3.05) is 0 Å². The maximum absolute atomic E-state index is 12.1. The molecule has 0 bridgehead atoms. The molecule has 0 spiro atoms. The summed E-state index contributed by atoms with van der Waals surface area (Å²) in [5.41, 5.74) is 0.560. The zero-order valence-corrected chi connectivity index (χ0v) is 12.1. The fourth-order valence-corrected chi connectivity index (χ4v) is 2.67. The number of nitrogens with zero attached hydrogens (tertiary/aromatic N) is 3. The number of hydrogen-bond donors (Lipinski definition) is 0. The van der Waals surface area contributed by atoms with Gasteiger partial charge in [0.05, 0.1) is 0 Å².